The fraction of sp³-hybridized carbons (Fsp3) is 0.375. The predicted octanol–water partition coefficient (Wildman–Crippen LogP) is 1.84. The first-order valence-electron chi connectivity index (χ1n) is 7.54. The molecule has 0 bridgehead atoms. The van der Waals surface area contributed by atoms with Crippen molar-refractivity contribution in [3.8, 4) is 0 Å². The Morgan fingerprint density at radius 3 is 2.91 bits per heavy atom. The van der Waals surface area contributed by atoms with Gasteiger partial charge in [0, 0.05) is 18.5 Å². The summed E-state index contributed by atoms with van der Waals surface area (Å²) < 4.78 is 24.7. The Kier molecular flexibility index (Phi) is 4.32. The SMILES string of the molecule is CS(=O)(=O)N1CCC[C@@H](C(=O)Nc2cnc3ccccc3c2)C1. The number of benzene rings is 1. The first-order chi connectivity index (χ1) is 10.9. The van der Waals surface area contributed by atoms with Gasteiger partial charge in [0.1, 0.15) is 0 Å². The minimum atomic E-state index is -3.25. The van der Waals surface area contributed by atoms with Gasteiger partial charge in [-0.15, -0.1) is 0 Å². The Labute approximate surface area is 135 Å². The van der Waals surface area contributed by atoms with Gasteiger partial charge in [0.15, 0.2) is 0 Å². The largest absolute Gasteiger partial charge is 0.324 e. The zero-order chi connectivity index (χ0) is 16.4. The summed E-state index contributed by atoms with van der Waals surface area (Å²) in [6, 6.07) is 9.55. The summed E-state index contributed by atoms with van der Waals surface area (Å²) in [6.45, 7) is 0.728. The van der Waals surface area contributed by atoms with Crippen LogP contribution < -0.4 is 5.32 Å². The van der Waals surface area contributed by atoms with Crippen LogP contribution in [0.3, 0.4) is 0 Å². The summed E-state index contributed by atoms with van der Waals surface area (Å²) in [7, 11) is -3.25. The van der Waals surface area contributed by atoms with Gasteiger partial charge in [0.2, 0.25) is 15.9 Å². The van der Waals surface area contributed by atoms with Gasteiger partial charge in [0.25, 0.3) is 0 Å². The van der Waals surface area contributed by atoms with E-state index in [4.69, 9.17) is 0 Å². The third-order valence-electron chi connectivity index (χ3n) is 4.08. The smallest absolute Gasteiger partial charge is 0.228 e. The van der Waals surface area contributed by atoms with E-state index < -0.39 is 10.0 Å². The molecule has 1 aromatic carbocycles. The number of rotatable bonds is 3. The molecule has 7 heteroatoms. The van der Waals surface area contributed by atoms with E-state index in [0.717, 1.165) is 10.9 Å². The number of pyridine rings is 1. The lowest BCUT2D eigenvalue weighted by atomic mass is 9.99. The molecule has 0 saturated carbocycles. The van der Waals surface area contributed by atoms with E-state index in [0.29, 0.717) is 25.1 Å². The number of hydrogen-bond donors (Lipinski definition) is 1. The highest BCUT2D eigenvalue weighted by molar-refractivity contribution is 7.88. The number of para-hydroxylation sites is 1. The van der Waals surface area contributed by atoms with Crippen molar-refractivity contribution in [1.29, 1.82) is 0 Å². The molecule has 23 heavy (non-hydrogen) atoms. The summed E-state index contributed by atoms with van der Waals surface area (Å²) in [5.41, 5.74) is 1.50. The molecular formula is C16H19N3O3S. The second kappa shape index (κ2) is 6.25. The van der Waals surface area contributed by atoms with Crippen LogP contribution in [-0.4, -0.2) is 43.0 Å². The van der Waals surface area contributed by atoms with Crippen LogP contribution in [0.4, 0.5) is 5.69 Å². The molecule has 1 saturated heterocycles. The normalized spacial score (nSPS) is 19.6. The van der Waals surface area contributed by atoms with Gasteiger partial charge in [0.05, 0.1) is 29.6 Å². The van der Waals surface area contributed by atoms with E-state index in [-0.39, 0.29) is 18.4 Å². The van der Waals surface area contributed by atoms with Gasteiger partial charge >= 0.3 is 0 Å². The number of nitrogens with one attached hydrogen (secondary N) is 1. The molecule has 6 nitrogen and oxygen atoms in total. The summed E-state index contributed by atoms with van der Waals surface area (Å²) in [6.07, 6.45) is 4.19. The Morgan fingerprint density at radius 1 is 1.35 bits per heavy atom. The van der Waals surface area contributed by atoms with Gasteiger partial charge in [-0.1, -0.05) is 18.2 Å². The number of sulfonamides is 1. The van der Waals surface area contributed by atoms with Crippen LogP contribution in [0.15, 0.2) is 36.5 Å². The number of nitrogens with zero attached hydrogens (tertiary/aromatic N) is 2. The molecule has 1 aliphatic heterocycles. The number of carbonyl (C=O) groups is 1. The Balaban J connectivity index is 1.72. The number of hydrogen-bond acceptors (Lipinski definition) is 4. The standard InChI is InChI=1S/C16H19N3O3S/c1-23(21,22)19-8-4-6-13(11-19)16(20)18-14-9-12-5-2-3-7-15(12)17-10-14/h2-3,5,7,9-10,13H,4,6,8,11H2,1H3,(H,18,20)/t13-/m1/s1. The first-order valence-corrected chi connectivity index (χ1v) is 9.39. The summed E-state index contributed by atoms with van der Waals surface area (Å²) in [5, 5.41) is 3.80. The maximum atomic E-state index is 12.4. The minimum Gasteiger partial charge on any atom is -0.324 e. The molecule has 1 amide bonds. The van der Waals surface area contributed by atoms with Gasteiger partial charge in [-0.3, -0.25) is 9.78 Å². The van der Waals surface area contributed by atoms with Crippen LogP contribution in [0, 0.1) is 5.92 Å². The molecule has 122 valence electrons. The lowest BCUT2D eigenvalue weighted by Gasteiger charge is -2.30. The van der Waals surface area contributed by atoms with Gasteiger partial charge < -0.3 is 5.32 Å². The molecular weight excluding hydrogens is 314 g/mol. The van der Waals surface area contributed by atoms with Crippen molar-refractivity contribution in [1.82, 2.24) is 9.29 Å². The molecule has 0 radical (unpaired) electrons. The number of carbonyl (C=O) groups excluding carboxylic acids is 1. The Bertz CT molecular complexity index is 835. The van der Waals surface area contributed by atoms with Crippen LogP contribution >= 0.6 is 0 Å². The average molecular weight is 333 g/mol. The second-order valence-electron chi connectivity index (χ2n) is 5.87. The maximum absolute atomic E-state index is 12.4. The molecule has 0 unspecified atom stereocenters. The number of aromatic nitrogens is 1. The quantitative estimate of drug-likeness (QED) is 0.929. The van der Waals surface area contributed by atoms with Crippen LogP contribution in [0.25, 0.3) is 10.9 Å². The highest BCUT2D eigenvalue weighted by Gasteiger charge is 2.30. The van der Waals surface area contributed by atoms with Crippen LogP contribution in [0.2, 0.25) is 0 Å². The van der Waals surface area contributed by atoms with Crippen molar-refractivity contribution < 1.29 is 13.2 Å². The summed E-state index contributed by atoms with van der Waals surface area (Å²) in [4.78, 5) is 16.7. The molecule has 2 aromatic rings. The van der Waals surface area contributed by atoms with Crippen molar-refractivity contribution >= 4 is 32.5 Å². The summed E-state index contributed by atoms with van der Waals surface area (Å²) in [5.74, 6) is -0.486. The van der Waals surface area contributed by atoms with E-state index in [9.17, 15) is 13.2 Å². The van der Waals surface area contributed by atoms with Crippen molar-refractivity contribution in [2.45, 2.75) is 12.8 Å². The topological polar surface area (TPSA) is 79.4 Å². The van der Waals surface area contributed by atoms with E-state index in [1.807, 2.05) is 30.3 Å². The number of piperidine rings is 1. The lowest BCUT2D eigenvalue weighted by molar-refractivity contribution is -0.120. The zero-order valence-electron chi connectivity index (χ0n) is 12.9. The molecule has 1 aliphatic rings. The average Bonchev–Trinajstić information content (AvgIpc) is 2.54. The van der Waals surface area contributed by atoms with Crippen LogP contribution in [0.1, 0.15) is 12.8 Å². The van der Waals surface area contributed by atoms with E-state index in [1.165, 1.54) is 10.6 Å². The third kappa shape index (κ3) is 3.68. The Hall–Kier alpha value is -1.99. The summed E-state index contributed by atoms with van der Waals surface area (Å²) >= 11 is 0. The van der Waals surface area contributed by atoms with E-state index in [1.54, 1.807) is 6.20 Å². The third-order valence-corrected chi connectivity index (χ3v) is 5.35. The fourth-order valence-corrected chi connectivity index (χ4v) is 3.75. The zero-order valence-corrected chi connectivity index (χ0v) is 13.7. The molecule has 2 heterocycles. The van der Waals surface area contributed by atoms with Crippen molar-refractivity contribution in [3.63, 3.8) is 0 Å². The predicted molar refractivity (Wildman–Crippen MR) is 89.5 cm³/mol. The van der Waals surface area contributed by atoms with Crippen molar-refractivity contribution in [2.75, 3.05) is 24.7 Å². The van der Waals surface area contributed by atoms with Gasteiger partial charge in [-0.2, -0.15) is 0 Å². The maximum Gasteiger partial charge on any atom is 0.228 e. The second-order valence-corrected chi connectivity index (χ2v) is 7.85. The van der Waals surface area contributed by atoms with Crippen LogP contribution in [-0.2, 0) is 14.8 Å². The van der Waals surface area contributed by atoms with Gasteiger partial charge in [-0.25, -0.2) is 12.7 Å². The molecule has 3 rings (SSSR count). The minimum absolute atomic E-state index is 0.157. The monoisotopic (exact) mass is 333 g/mol. The highest BCUT2D eigenvalue weighted by atomic mass is 32.2. The molecule has 0 spiro atoms. The van der Waals surface area contributed by atoms with Gasteiger partial charge in [-0.05, 0) is 25.0 Å². The molecule has 1 atom stereocenters. The molecule has 1 fully saturated rings. The first kappa shape index (κ1) is 15.9. The van der Waals surface area contributed by atoms with Crippen molar-refractivity contribution in [2.24, 2.45) is 5.92 Å². The molecule has 1 N–H and O–H groups in total. The molecule has 1 aromatic heterocycles. The number of amides is 1. The number of fused-ring (bicyclic) bond motifs is 1. The Morgan fingerprint density at radius 2 is 2.13 bits per heavy atom. The number of anilines is 1. The lowest BCUT2D eigenvalue weighted by Crippen LogP contribution is -2.43. The fourth-order valence-electron chi connectivity index (χ4n) is 2.84. The molecule has 0 aliphatic carbocycles. The van der Waals surface area contributed by atoms with E-state index in [2.05, 4.69) is 10.3 Å². The van der Waals surface area contributed by atoms with E-state index >= 15 is 0 Å². The van der Waals surface area contributed by atoms with Crippen molar-refractivity contribution in [3.05, 3.63) is 36.5 Å². The van der Waals surface area contributed by atoms with Crippen LogP contribution in [0.5, 0.6) is 0 Å². The highest BCUT2D eigenvalue weighted by Crippen LogP contribution is 2.21.